The van der Waals surface area contributed by atoms with Crippen molar-refractivity contribution in [3.8, 4) is 5.75 Å². The Morgan fingerprint density at radius 1 is 1.04 bits per heavy atom. The SMILES string of the molecule is CC1CCN(C(=O)CC2COc3ccccc3N2Cc2ccccc2)CC1. The number of ether oxygens (including phenoxy) is 1. The fraction of sp³-hybridized carbons (Fsp3) is 0.435. The van der Waals surface area contributed by atoms with Crippen molar-refractivity contribution in [1.82, 2.24) is 4.90 Å². The second-order valence-electron chi connectivity index (χ2n) is 7.81. The van der Waals surface area contributed by atoms with E-state index in [9.17, 15) is 4.79 Å². The van der Waals surface area contributed by atoms with E-state index in [0.717, 1.165) is 49.8 Å². The third-order valence-electron chi connectivity index (χ3n) is 5.79. The van der Waals surface area contributed by atoms with Gasteiger partial charge in [0.15, 0.2) is 0 Å². The zero-order chi connectivity index (χ0) is 18.6. The molecule has 4 rings (SSSR count). The van der Waals surface area contributed by atoms with Crippen LogP contribution in [0.2, 0.25) is 0 Å². The van der Waals surface area contributed by atoms with Gasteiger partial charge in [-0.05, 0) is 36.5 Å². The molecule has 0 aliphatic carbocycles. The third kappa shape index (κ3) is 4.10. The van der Waals surface area contributed by atoms with Gasteiger partial charge in [0.25, 0.3) is 0 Å². The average Bonchev–Trinajstić information content (AvgIpc) is 2.71. The van der Waals surface area contributed by atoms with Crippen molar-refractivity contribution in [3.63, 3.8) is 0 Å². The molecule has 2 aliphatic heterocycles. The van der Waals surface area contributed by atoms with Crippen LogP contribution >= 0.6 is 0 Å². The lowest BCUT2D eigenvalue weighted by Crippen LogP contribution is -2.47. The van der Waals surface area contributed by atoms with Crippen LogP contribution in [0.15, 0.2) is 54.6 Å². The van der Waals surface area contributed by atoms with Crippen LogP contribution in [0.4, 0.5) is 5.69 Å². The summed E-state index contributed by atoms with van der Waals surface area (Å²) in [5.74, 6) is 1.89. The van der Waals surface area contributed by atoms with Crippen LogP contribution in [0.5, 0.6) is 5.75 Å². The van der Waals surface area contributed by atoms with Gasteiger partial charge in [-0.2, -0.15) is 0 Å². The molecular weight excluding hydrogens is 336 g/mol. The molecule has 2 aromatic carbocycles. The molecule has 142 valence electrons. The molecule has 4 heteroatoms. The smallest absolute Gasteiger partial charge is 0.224 e. The minimum atomic E-state index is 0.0620. The summed E-state index contributed by atoms with van der Waals surface area (Å²) in [5.41, 5.74) is 2.33. The van der Waals surface area contributed by atoms with Crippen LogP contribution < -0.4 is 9.64 Å². The molecular formula is C23H28N2O2. The second kappa shape index (κ2) is 8.03. The molecule has 1 fully saturated rings. The predicted molar refractivity (Wildman–Crippen MR) is 108 cm³/mol. The second-order valence-corrected chi connectivity index (χ2v) is 7.81. The lowest BCUT2D eigenvalue weighted by Gasteiger charge is -2.40. The molecule has 2 aliphatic rings. The summed E-state index contributed by atoms with van der Waals surface area (Å²) in [6.45, 7) is 5.40. The zero-order valence-electron chi connectivity index (χ0n) is 16.0. The molecule has 1 unspecified atom stereocenters. The molecule has 0 aromatic heterocycles. The van der Waals surface area contributed by atoms with Crippen molar-refractivity contribution < 1.29 is 9.53 Å². The summed E-state index contributed by atoms with van der Waals surface area (Å²) in [5, 5.41) is 0. The normalized spacial score (nSPS) is 20.1. The molecule has 2 aromatic rings. The topological polar surface area (TPSA) is 32.8 Å². The summed E-state index contributed by atoms with van der Waals surface area (Å²) in [6.07, 6.45) is 2.74. The molecule has 0 radical (unpaired) electrons. The van der Waals surface area contributed by atoms with Gasteiger partial charge >= 0.3 is 0 Å². The van der Waals surface area contributed by atoms with Crippen molar-refractivity contribution in [1.29, 1.82) is 0 Å². The minimum absolute atomic E-state index is 0.0620. The number of fused-ring (bicyclic) bond motifs is 1. The number of hydrogen-bond donors (Lipinski definition) is 0. The van der Waals surface area contributed by atoms with Gasteiger partial charge in [-0.3, -0.25) is 4.79 Å². The van der Waals surface area contributed by atoms with Crippen molar-refractivity contribution in [3.05, 3.63) is 60.2 Å². The summed E-state index contributed by atoms with van der Waals surface area (Å²) in [4.78, 5) is 17.3. The molecule has 0 N–H and O–H groups in total. The lowest BCUT2D eigenvalue weighted by atomic mass is 9.98. The fourth-order valence-electron chi connectivity index (χ4n) is 4.04. The maximum absolute atomic E-state index is 12.9. The first-order valence-corrected chi connectivity index (χ1v) is 10.0. The molecule has 0 spiro atoms. The highest BCUT2D eigenvalue weighted by atomic mass is 16.5. The number of carbonyl (C=O) groups excluding carboxylic acids is 1. The first-order chi connectivity index (χ1) is 13.2. The van der Waals surface area contributed by atoms with E-state index in [0.29, 0.717) is 13.0 Å². The van der Waals surface area contributed by atoms with E-state index in [2.05, 4.69) is 42.2 Å². The summed E-state index contributed by atoms with van der Waals surface area (Å²) in [7, 11) is 0. The summed E-state index contributed by atoms with van der Waals surface area (Å²) < 4.78 is 6.00. The molecule has 27 heavy (non-hydrogen) atoms. The molecule has 1 atom stereocenters. The number of benzene rings is 2. The number of hydrogen-bond acceptors (Lipinski definition) is 3. The summed E-state index contributed by atoms with van der Waals surface area (Å²) in [6, 6.07) is 18.7. The molecule has 0 bridgehead atoms. The number of nitrogens with zero attached hydrogens (tertiary/aromatic N) is 2. The van der Waals surface area contributed by atoms with E-state index in [4.69, 9.17) is 4.74 Å². The quantitative estimate of drug-likeness (QED) is 0.819. The number of amides is 1. The summed E-state index contributed by atoms with van der Waals surface area (Å²) >= 11 is 0. The maximum atomic E-state index is 12.9. The Bertz CT molecular complexity index is 769. The van der Waals surface area contributed by atoms with Gasteiger partial charge in [-0.15, -0.1) is 0 Å². The Morgan fingerprint density at radius 3 is 2.52 bits per heavy atom. The van der Waals surface area contributed by atoms with E-state index in [1.165, 1.54) is 5.56 Å². The fourth-order valence-corrected chi connectivity index (χ4v) is 4.04. The van der Waals surface area contributed by atoms with Crippen LogP contribution in [-0.2, 0) is 11.3 Å². The van der Waals surface area contributed by atoms with E-state index in [-0.39, 0.29) is 11.9 Å². The number of rotatable bonds is 4. The highest BCUT2D eigenvalue weighted by Gasteiger charge is 2.31. The minimum Gasteiger partial charge on any atom is -0.489 e. The van der Waals surface area contributed by atoms with Gasteiger partial charge in [-0.25, -0.2) is 0 Å². The Morgan fingerprint density at radius 2 is 1.74 bits per heavy atom. The number of para-hydroxylation sites is 2. The molecule has 2 heterocycles. The Hall–Kier alpha value is -2.49. The number of anilines is 1. The van der Waals surface area contributed by atoms with Crippen LogP contribution in [0, 0.1) is 5.92 Å². The molecule has 1 amide bonds. The lowest BCUT2D eigenvalue weighted by molar-refractivity contribution is -0.133. The molecule has 4 nitrogen and oxygen atoms in total. The number of carbonyl (C=O) groups is 1. The Labute approximate surface area is 161 Å². The van der Waals surface area contributed by atoms with Crippen molar-refractivity contribution in [2.45, 2.75) is 38.8 Å². The van der Waals surface area contributed by atoms with E-state index >= 15 is 0 Å². The van der Waals surface area contributed by atoms with Crippen LogP contribution in [0.1, 0.15) is 31.7 Å². The van der Waals surface area contributed by atoms with Gasteiger partial charge in [0, 0.05) is 19.6 Å². The highest BCUT2D eigenvalue weighted by molar-refractivity contribution is 5.78. The van der Waals surface area contributed by atoms with Crippen LogP contribution in [0.3, 0.4) is 0 Å². The largest absolute Gasteiger partial charge is 0.489 e. The average molecular weight is 364 g/mol. The highest BCUT2D eigenvalue weighted by Crippen LogP contribution is 2.35. The number of likely N-dealkylation sites (tertiary alicyclic amines) is 1. The zero-order valence-corrected chi connectivity index (χ0v) is 16.0. The van der Waals surface area contributed by atoms with E-state index < -0.39 is 0 Å². The first-order valence-electron chi connectivity index (χ1n) is 10.0. The van der Waals surface area contributed by atoms with Crippen LogP contribution in [-0.4, -0.2) is 36.5 Å². The van der Waals surface area contributed by atoms with E-state index in [1.807, 2.05) is 29.2 Å². The Balaban J connectivity index is 1.52. The standard InChI is InChI=1S/C23H28N2O2/c1-18-11-13-24(14-12-18)23(26)15-20-17-27-22-10-6-5-9-21(22)25(20)16-19-7-3-2-4-8-19/h2-10,18,20H,11-17H2,1H3. The van der Waals surface area contributed by atoms with Gasteiger partial charge in [-0.1, -0.05) is 49.4 Å². The van der Waals surface area contributed by atoms with Crippen molar-refractivity contribution in [2.75, 3.05) is 24.6 Å². The molecule has 0 saturated carbocycles. The van der Waals surface area contributed by atoms with Gasteiger partial charge in [0.05, 0.1) is 18.2 Å². The Kier molecular flexibility index (Phi) is 5.33. The number of piperidine rings is 1. The monoisotopic (exact) mass is 364 g/mol. The first kappa shape index (κ1) is 17.9. The van der Waals surface area contributed by atoms with Crippen molar-refractivity contribution >= 4 is 11.6 Å². The van der Waals surface area contributed by atoms with Crippen molar-refractivity contribution in [2.24, 2.45) is 5.92 Å². The van der Waals surface area contributed by atoms with Gasteiger partial charge in [0.2, 0.25) is 5.91 Å². The third-order valence-corrected chi connectivity index (χ3v) is 5.79. The maximum Gasteiger partial charge on any atom is 0.224 e. The predicted octanol–water partition coefficient (Wildman–Crippen LogP) is 4.10. The van der Waals surface area contributed by atoms with Gasteiger partial charge in [0.1, 0.15) is 12.4 Å². The van der Waals surface area contributed by atoms with E-state index in [1.54, 1.807) is 0 Å². The van der Waals surface area contributed by atoms with Gasteiger partial charge < -0.3 is 14.5 Å². The molecule has 1 saturated heterocycles. The van der Waals surface area contributed by atoms with Crippen LogP contribution in [0.25, 0.3) is 0 Å².